The molecule has 35 heavy (non-hydrogen) atoms. The van der Waals surface area contributed by atoms with Gasteiger partial charge in [0.05, 0.1) is 12.1 Å². The number of nitrogens with one attached hydrogen (secondary N) is 1. The molecule has 0 atom stereocenters. The van der Waals surface area contributed by atoms with Gasteiger partial charge in [-0.15, -0.1) is 0 Å². The van der Waals surface area contributed by atoms with Gasteiger partial charge in [-0.05, 0) is 24.3 Å². The molecule has 4 aromatic rings. The van der Waals surface area contributed by atoms with Crippen molar-refractivity contribution in [2.24, 2.45) is 0 Å². The topological polar surface area (TPSA) is 159 Å². The molecule has 1 amide bonds. The average molecular weight is 563 g/mol. The SMILES string of the molecule is CC(=O)Nc1ccc([As](=O)(O)O)c(O)c1.COC(=O)c1nc(-c2cc3ccccc3o2)ccc1Cl. The number of phenols is 1. The van der Waals surface area contributed by atoms with Crippen LogP contribution in [-0.4, -0.2) is 51.4 Å². The average Bonchev–Trinajstić information content (AvgIpc) is 3.22. The van der Waals surface area contributed by atoms with Crippen LogP contribution in [0.1, 0.15) is 17.4 Å². The molecule has 0 fully saturated rings. The number of amides is 1. The minimum atomic E-state index is -5.09. The van der Waals surface area contributed by atoms with Gasteiger partial charge in [0, 0.05) is 5.39 Å². The molecule has 0 spiro atoms. The van der Waals surface area contributed by atoms with E-state index in [1.165, 1.54) is 20.1 Å². The first kappa shape index (κ1) is 26.1. The van der Waals surface area contributed by atoms with Crippen LogP contribution in [-0.2, 0) is 13.3 Å². The molecule has 2 aromatic heterocycles. The van der Waals surface area contributed by atoms with Gasteiger partial charge in [0.15, 0.2) is 11.5 Å². The number of rotatable bonds is 4. The number of halogens is 1. The Morgan fingerprint density at radius 1 is 1.09 bits per heavy atom. The molecule has 4 N–H and O–H groups in total. The van der Waals surface area contributed by atoms with E-state index >= 15 is 0 Å². The fraction of sp³-hybridized carbons (Fsp3) is 0.0870. The number of hydrogen-bond acceptors (Lipinski definition) is 7. The maximum atomic E-state index is 11.6. The van der Waals surface area contributed by atoms with E-state index < -0.39 is 30.2 Å². The van der Waals surface area contributed by atoms with E-state index in [1.807, 2.05) is 30.3 Å². The van der Waals surface area contributed by atoms with E-state index in [0.717, 1.165) is 23.1 Å². The molecule has 2 heterocycles. The van der Waals surface area contributed by atoms with Gasteiger partial charge >= 0.3 is 94.1 Å². The number of furan rings is 1. The monoisotopic (exact) mass is 562 g/mol. The molecule has 182 valence electrons. The number of pyridine rings is 1. The summed E-state index contributed by atoms with van der Waals surface area (Å²) in [5, 5.41) is 12.9. The Morgan fingerprint density at radius 3 is 2.40 bits per heavy atom. The van der Waals surface area contributed by atoms with Crippen LogP contribution in [0.2, 0.25) is 5.02 Å². The second-order valence-electron chi connectivity index (χ2n) is 7.10. The van der Waals surface area contributed by atoms with E-state index in [9.17, 15) is 18.4 Å². The Balaban J connectivity index is 0.000000205. The van der Waals surface area contributed by atoms with Crippen LogP contribution < -0.4 is 9.67 Å². The smallest absolute Gasteiger partial charge is 0.358 e. The maximum absolute atomic E-state index is 11.6. The van der Waals surface area contributed by atoms with Crippen molar-refractivity contribution in [1.82, 2.24) is 4.98 Å². The molecular weight excluding hydrogens is 543 g/mol. The molecule has 12 heteroatoms. The minimum absolute atomic E-state index is 0.0760. The van der Waals surface area contributed by atoms with Crippen molar-refractivity contribution in [2.45, 2.75) is 6.92 Å². The summed E-state index contributed by atoms with van der Waals surface area (Å²) >= 11 is 0.855. The number of esters is 1. The number of phenolic OH excluding ortho intramolecular Hbond substituents is 1. The summed E-state index contributed by atoms with van der Waals surface area (Å²) < 4.78 is 38.6. The van der Waals surface area contributed by atoms with Crippen LogP contribution >= 0.6 is 11.6 Å². The fourth-order valence-electron chi connectivity index (χ4n) is 2.98. The van der Waals surface area contributed by atoms with Gasteiger partial charge in [-0.3, -0.25) is 0 Å². The molecule has 0 aliphatic heterocycles. The predicted octanol–water partition coefficient (Wildman–Crippen LogP) is 2.85. The zero-order valence-corrected chi connectivity index (χ0v) is 21.1. The first-order valence-electron chi connectivity index (χ1n) is 9.90. The van der Waals surface area contributed by atoms with Crippen molar-refractivity contribution < 1.29 is 35.8 Å². The van der Waals surface area contributed by atoms with Gasteiger partial charge in [0.1, 0.15) is 11.3 Å². The summed E-state index contributed by atoms with van der Waals surface area (Å²) in [7, 11) is 1.29. The fourth-order valence-corrected chi connectivity index (χ4v) is 4.49. The van der Waals surface area contributed by atoms with Crippen molar-refractivity contribution in [2.75, 3.05) is 12.4 Å². The van der Waals surface area contributed by atoms with Crippen LogP contribution in [0.15, 0.2) is 65.1 Å². The van der Waals surface area contributed by atoms with E-state index in [-0.39, 0.29) is 22.3 Å². The summed E-state index contributed by atoms with van der Waals surface area (Å²) in [4.78, 5) is 26.5. The van der Waals surface area contributed by atoms with E-state index in [1.54, 1.807) is 12.1 Å². The Bertz CT molecular complexity index is 1410. The molecule has 0 unspecified atom stereocenters. The van der Waals surface area contributed by atoms with Gasteiger partial charge in [0.2, 0.25) is 0 Å². The van der Waals surface area contributed by atoms with Gasteiger partial charge in [0.25, 0.3) is 0 Å². The number of aromatic hydroxyl groups is 1. The molecule has 10 nitrogen and oxygen atoms in total. The van der Waals surface area contributed by atoms with E-state index in [0.29, 0.717) is 11.5 Å². The second-order valence-corrected chi connectivity index (χ2v) is 10.8. The molecule has 0 bridgehead atoms. The van der Waals surface area contributed by atoms with Crippen LogP contribution in [0, 0.1) is 0 Å². The summed E-state index contributed by atoms with van der Waals surface area (Å²) in [6.45, 7) is 1.29. The number of fused-ring (bicyclic) bond motifs is 1. The second kappa shape index (κ2) is 10.8. The standard InChI is InChI=1S/C15H10ClNO3.C8H10AsNO5/c1-19-15(18)14-10(16)6-7-11(17-14)13-8-9-4-2-3-5-12(9)20-13;1-5(11)10-6-2-3-7(8(12)4-6)9(13,14)15/h2-8H,1H3;2-4,12H,1H3,(H,10,11)(H2,13,14,15). The molecule has 2 aromatic carbocycles. The first-order valence-corrected chi connectivity index (χ1v) is 13.7. The number of aromatic nitrogens is 1. The first-order chi connectivity index (χ1) is 16.5. The third-order valence-electron chi connectivity index (χ3n) is 4.51. The maximum Gasteiger partial charge on any atom is 0.358 e. The van der Waals surface area contributed by atoms with Crippen molar-refractivity contribution in [1.29, 1.82) is 0 Å². The number of anilines is 1. The molecule has 0 radical (unpaired) electrons. The third kappa shape index (κ3) is 6.52. The third-order valence-corrected chi connectivity index (χ3v) is 6.93. The zero-order chi connectivity index (χ0) is 25.8. The number of benzene rings is 2. The number of hydrogen-bond donors (Lipinski definition) is 4. The number of methoxy groups -OCH3 is 1. The van der Waals surface area contributed by atoms with E-state index in [4.69, 9.17) is 24.2 Å². The number of carbonyl (C=O) groups excluding carboxylic acids is 2. The van der Waals surface area contributed by atoms with Gasteiger partial charge < -0.3 is 9.15 Å². The summed E-state index contributed by atoms with van der Waals surface area (Å²) in [6.07, 6.45) is 0. The summed E-state index contributed by atoms with van der Waals surface area (Å²) in [5.74, 6) is -0.849. The Morgan fingerprint density at radius 2 is 1.80 bits per heavy atom. The molecule has 0 saturated carbocycles. The largest absolute Gasteiger partial charge is 0.464 e. The molecule has 0 aliphatic carbocycles. The zero-order valence-electron chi connectivity index (χ0n) is 18.4. The van der Waals surface area contributed by atoms with Crippen LogP contribution in [0.4, 0.5) is 5.69 Å². The van der Waals surface area contributed by atoms with Crippen LogP contribution in [0.25, 0.3) is 22.4 Å². The molecule has 0 aliphatic rings. The Labute approximate surface area is 207 Å². The summed E-state index contributed by atoms with van der Waals surface area (Å²) in [6, 6.07) is 16.3. The number of ether oxygens (including phenoxy) is 1. The predicted molar refractivity (Wildman–Crippen MR) is 129 cm³/mol. The molecular formula is C23H20AsClN2O8. The Kier molecular flexibility index (Phi) is 8.03. The van der Waals surface area contributed by atoms with Crippen molar-refractivity contribution in [3.63, 3.8) is 0 Å². The molecule has 4 rings (SSSR count). The number of carbonyl (C=O) groups is 2. The van der Waals surface area contributed by atoms with Gasteiger partial charge in [-0.1, -0.05) is 29.8 Å². The van der Waals surface area contributed by atoms with Crippen molar-refractivity contribution >= 4 is 58.7 Å². The minimum Gasteiger partial charge on any atom is -0.464 e. The van der Waals surface area contributed by atoms with Gasteiger partial charge in [-0.25, -0.2) is 9.78 Å². The normalized spacial score (nSPS) is 10.9. The van der Waals surface area contributed by atoms with E-state index in [2.05, 4.69) is 15.0 Å². The molecule has 0 saturated heterocycles. The Hall–Kier alpha value is -3.56. The quantitative estimate of drug-likeness (QED) is 0.217. The van der Waals surface area contributed by atoms with Gasteiger partial charge in [-0.2, -0.15) is 0 Å². The van der Waals surface area contributed by atoms with Crippen LogP contribution in [0.5, 0.6) is 5.75 Å². The van der Waals surface area contributed by atoms with Crippen molar-refractivity contribution in [3.05, 3.63) is 71.4 Å². The van der Waals surface area contributed by atoms with Crippen LogP contribution in [0.3, 0.4) is 0 Å². The summed E-state index contributed by atoms with van der Waals surface area (Å²) in [5.41, 5.74) is 1.66. The van der Waals surface area contributed by atoms with Crippen molar-refractivity contribution in [3.8, 4) is 17.2 Å². The number of nitrogens with zero attached hydrogens (tertiary/aromatic N) is 1. The number of para-hydroxylation sites is 1.